The lowest BCUT2D eigenvalue weighted by Gasteiger charge is -2.12. The van der Waals surface area contributed by atoms with E-state index in [9.17, 15) is 4.79 Å². The second-order valence-electron chi connectivity index (χ2n) is 4.76. The van der Waals surface area contributed by atoms with E-state index in [2.05, 4.69) is 22.5 Å². The summed E-state index contributed by atoms with van der Waals surface area (Å²) in [5.74, 6) is 0.333. The monoisotopic (exact) mass is 379 g/mol. The fourth-order valence-corrected chi connectivity index (χ4v) is 2.26. The Morgan fingerprint density at radius 2 is 2.17 bits per heavy atom. The van der Waals surface area contributed by atoms with E-state index in [1.54, 1.807) is 32.1 Å². The first-order chi connectivity index (χ1) is 10.9. The smallest absolute Gasteiger partial charge is 0.349 e. The molecule has 122 valence electrons. The fourth-order valence-electron chi connectivity index (χ4n) is 1.69. The van der Waals surface area contributed by atoms with Crippen molar-refractivity contribution in [2.75, 3.05) is 13.7 Å². The van der Waals surface area contributed by atoms with Gasteiger partial charge in [-0.2, -0.15) is 5.26 Å². The quantitative estimate of drug-likeness (QED) is 0.311. The maximum Gasteiger partial charge on any atom is 0.349 e. The van der Waals surface area contributed by atoms with Gasteiger partial charge in [-0.25, -0.2) is 4.79 Å². The minimum Gasteiger partial charge on any atom is -0.493 e. The summed E-state index contributed by atoms with van der Waals surface area (Å²) in [5, 5.41) is 9.14. The zero-order chi connectivity index (χ0) is 17.4. The van der Waals surface area contributed by atoms with E-state index in [1.165, 1.54) is 13.2 Å². The molecule has 0 saturated heterocycles. The third kappa shape index (κ3) is 5.46. The number of ether oxygens (including phenoxy) is 3. The third-order valence-corrected chi connectivity index (χ3v) is 3.18. The summed E-state index contributed by atoms with van der Waals surface area (Å²) in [6.07, 6.45) is 2.76. The molecule has 0 atom stereocenters. The zero-order valence-corrected chi connectivity index (χ0v) is 14.8. The molecule has 0 saturated carbocycles. The van der Waals surface area contributed by atoms with Gasteiger partial charge >= 0.3 is 5.97 Å². The molecular formula is C17H18BrNO4. The molecule has 0 radical (unpaired) electrons. The van der Waals surface area contributed by atoms with E-state index < -0.39 is 5.97 Å². The summed E-state index contributed by atoms with van der Waals surface area (Å²) in [7, 11) is 1.51. The van der Waals surface area contributed by atoms with Crippen LogP contribution in [0, 0.1) is 11.3 Å². The van der Waals surface area contributed by atoms with Crippen LogP contribution in [0.1, 0.15) is 19.4 Å². The zero-order valence-electron chi connectivity index (χ0n) is 13.3. The van der Waals surface area contributed by atoms with Gasteiger partial charge in [-0.3, -0.25) is 0 Å². The molecular weight excluding hydrogens is 362 g/mol. The van der Waals surface area contributed by atoms with Gasteiger partial charge in [0.1, 0.15) is 18.2 Å². The van der Waals surface area contributed by atoms with Crippen LogP contribution in [0.15, 0.2) is 34.8 Å². The Morgan fingerprint density at radius 3 is 2.70 bits per heavy atom. The molecule has 1 aromatic carbocycles. The standard InChI is InChI=1S/C17H18BrNO4/c1-5-6-22-16-14(18)8-12(9-15(16)21-4)7-13(10-19)17(20)23-11(2)3/h5,7-9,11H,1,6H2,2-4H3/b13-7+. The lowest BCUT2D eigenvalue weighted by atomic mass is 10.1. The molecule has 0 unspecified atom stereocenters. The summed E-state index contributed by atoms with van der Waals surface area (Å²) in [5.41, 5.74) is 0.518. The Morgan fingerprint density at radius 1 is 1.48 bits per heavy atom. The van der Waals surface area contributed by atoms with Crippen LogP contribution in [0.2, 0.25) is 0 Å². The van der Waals surface area contributed by atoms with Crippen LogP contribution in [0.3, 0.4) is 0 Å². The van der Waals surface area contributed by atoms with E-state index in [0.29, 0.717) is 28.1 Å². The molecule has 0 heterocycles. The Kier molecular flexibility index (Phi) is 7.36. The lowest BCUT2D eigenvalue weighted by Crippen LogP contribution is -2.12. The van der Waals surface area contributed by atoms with Crippen LogP contribution in [-0.2, 0) is 9.53 Å². The molecule has 0 aliphatic rings. The van der Waals surface area contributed by atoms with Crippen molar-refractivity contribution in [3.8, 4) is 17.6 Å². The molecule has 6 heteroatoms. The van der Waals surface area contributed by atoms with Crippen LogP contribution in [0.25, 0.3) is 6.08 Å². The molecule has 0 spiro atoms. The number of hydrogen-bond donors (Lipinski definition) is 0. The van der Waals surface area contributed by atoms with Gasteiger partial charge in [0.15, 0.2) is 11.5 Å². The predicted octanol–water partition coefficient (Wildman–Crippen LogP) is 3.88. The van der Waals surface area contributed by atoms with Crippen molar-refractivity contribution in [2.45, 2.75) is 20.0 Å². The molecule has 0 aliphatic heterocycles. The van der Waals surface area contributed by atoms with Gasteiger partial charge in [0.2, 0.25) is 0 Å². The minimum atomic E-state index is -0.662. The Balaban J connectivity index is 3.20. The number of methoxy groups -OCH3 is 1. The number of carbonyl (C=O) groups is 1. The highest BCUT2D eigenvalue weighted by molar-refractivity contribution is 9.10. The fraction of sp³-hybridized carbons (Fsp3) is 0.294. The van der Waals surface area contributed by atoms with Crippen molar-refractivity contribution in [3.63, 3.8) is 0 Å². The van der Waals surface area contributed by atoms with Crippen molar-refractivity contribution >= 4 is 28.0 Å². The first kappa shape index (κ1) is 18.8. The summed E-state index contributed by atoms with van der Waals surface area (Å²) < 4.78 is 16.5. The second-order valence-corrected chi connectivity index (χ2v) is 5.61. The normalized spacial score (nSPS) is 10.9. The van der Waals surface area contributed by atoms with E-state index in [0.717, 1.165) is 0 Å². The van der Waals surface area contributed by atoms with Gasteiger partial charge in [-0.05, 0) is 53.5 Å². The van der Waals surface area contributed by atoms with Gasteiger partial charge in [0.25, 0.3) is 0 Å². The lowest BCUT2D eigenvalue weighted by molar-refractivity contribution is -0.142. The van der Waals surface area contributed by atoms with E-state index in [-0.39, 0.29) is 11.7 Å². The molecule has 0 amide bonds. The summed E-state index contributed by atoms with van der Waals surface area (Å²) in [6, 6.07) is 5.24. The van der Waals surface area contributed by atoms with Crippen LogP contribution in [0.5, 0.6) is 11.5 Å². The SMILES string of the molecule is C=CCOc1c(Br)cc(/C=C(\C#N)C(=O)OC(C)C)cc1OC. The van der Waals surface area contributed by atoms with Crippen molar-refractivity contribution < 1.29 is 19.0 Å². The first-order valence-corrected chi connectivity index (χ1v) is 7.66. The highest BCUT2D eigenvalue weighted by Gasteiger charge is 2.15. The topological polar surface area (TPSA) is 68.5 Å². The van der Waals surface area contributed by atoms with Gasteiger partial charge in [-0.15, -0.1) is 0 Å². The summed E-state index contributed by atoms with van der Waals surface area (Å²) >= 11 is 3.39. The number of halogens is 1. The molecule has 0 fully saturated rings. The maximum absolute atomic E-state index is 11.8. The van der Waals surface area contributed by atoms with Crippen LogP contribution in [-0.4, -0.2) is 25.8 Å². The molecule has 5 nitrogen and oxygen atoms in total. The maximum atomic E-state index is 11.8. The highest BCUT2D eigenvalue weighted by Crippen LogP contribution is 2.37. The number of hydrogen-bond acceptors (Lipinski definition) is 5. The largest absolute Gasteiger partial charge is 0.493 e. The molecule has 1 rings (SSSR count). The first-order valence-electron chi connectivity index (χ1n) is 6.86. The number of carbonyl (C=O) groups excluding carboxylic acids is 1. The number of benzene rings is 1. The molecule has 23 heavy (non-hydrogen) atoms. The molecule has 0 N–H and O–H groups in total. The Bertz CT molecular complexity index is 659. The number of rotatable bonds is 7. The van der Waals surface area contributed by atoms with Gasteiger partial charge in [0, 0.05) is 0 Å². The van der Waals surface area contributed by atoms with E-state index >= 15 is 0 Å². The highest BCUT2D eigenvalue weighted by atomic mass is 79.9. The number of nitriles is 1. The molecule has 0 bridgehead atoms. The van der Waals surface area contributed by atoms with Crippen molar-refractivity contribution in [3.05, 3.63) is 40.4 Å². The Hall–Kier alpha value is -2.26. The van der Waals surface area contributed by atoms with E-state index in [1.807, 2.05) is 6.07 Å². The molecule has 0 aromatic heterocycles. The Labute approximate surface area is 144 Å². The molecule has 0 aliphatic carbocycles. The van der Waals surface area contributed by atoms with Crippen molar-refractivity contribution in [1.82, 2.24) is 0 Å². The average molecular weight is 380 g/mol. The van der Waals surface area contributed by atoms with Crippen LogP contribution >= 0.6 is 15.9 Å². The number of esters is 1. The summed E-state index contributed by atoms with van der Waals surface area (Å²) in [6.45, 7) is 7.36. The van der Waals surface area contributed by atoms with Crippen molar-refractivity contribution in [1.29, 1.82) is 5.26 Å². The van der Waals surface area contributed by atoms with Gasteiger partial charge < -0.3 is 14.2 Å². The minimum absolute atomic E-state index is 0.0904. The molecule has 1 aromatic rings. The summed E-state index contributed by atoms with van der Waals surface area (Å²) in [4.78, 5) is 11.8. The van der Waals surface area contributed by atoms with Crippen LogP contribution in [0.4, 0.5) is 0 Å². The number of nitrogens with zero attached hydrogens (tertiary/aromatic N) is 1. The van der Waals surface area contributed by atoms with Gasteiger partial charge in [-0.1, -0.05) is 12.7 Å². The van der Waals surface area contributed by atoms with Crippen molar-refractivity contribution in [2.24, 2.45) is 0 Å². The average Bonchev–Trinajstić information content (AvgIpc) is 2.50. The third-order valence-electron chi connectivity index (χ3n) is 2.59. The van der Waals surface area contributed by atoms with Gasteiger partial charge in [0.05, 0.1) is 17.7 Å². The predicted molar refractivity (Wildman–Crippen MR) is 91.2 cm³/mol. The van der Waals surface area contributed by atoms with Crippen LogP contribution < -0.4 is 9.47 Å². The van der Waals surface area contributed by atoms with E-state index in [4.69, 9.17) is 19.5 Å². The second kappa shape index (κ2) is 9.01.